The van der Waals surface area contributed by atoms with Gasteiger partial charge >= 0.3 is 0 Å². The van der Waals surface area contributed by atoms with E-state index in [0.717, 1.165) is 35.6 Å². The largest absolute Gasteiger partial charge is 0.496 e. The first-order chi connectivity index (χ1) is 16.0. The zero-order valence-electron chi connectivity index (χ0n) is 18.8. The van der Waals surface area contributed by atoms with Crippen LogP contribution in [0.3, 0.4) is 0 Å². The predicted molar refractivity (Wildman–Crippen MR) is 125 cm³/mol. The van der Waals surface area contributed by atoms with Gasteiger partial charge in [0.2, 0.25) is 0 Å². The van der Waals surface area contributed by atoms with E-state index >= 15 is 4.39 Å². The number of rotatable bonds is 5. The lowest BCUT2D eigenvalue weighted by Crippen LogP contribution is -2.28. The highest BCUT2D eigenvalue weighted by atomic mass is 19.1. The number of allylic oxidation sites excluding steroid dienone is 3. The molecule has 5 rings (SSSR count). The van der Waals surface area contributed by atoms with Crippen molar-refractivity contribution in [2.75, 3.05) is 13.7 Å². The predicted octanol–water partition coefficient (Wildman–Crippen LogP) is 5.41. The summed E-state index contributed by atoms with van der Waals surface area (Å²) in [5, 5.41) is 8.16. The van der Waals surface area contributed by atoms with E-state index in [-0.39, 0.29) is 0 Å². The zero-order valence-corrected chi connectivity index (χ0v) is 18.8. The van der Waals surface area contributed by atoms with Gasteiger partial charge in [-0.1, -0.05) is 18.7 Å². The summed E-state index contributed by atoms with van der Waals surface area (Å²) >= 11 is 0. The monoisotopic (exact) mass is 448 g/mol. The number of nitrogens with zero attached hydrogens (tertiary/aromatic N) is 3. The number of hydrogen-bond donors (Lipinski definition) is 1. The summed E-state index contributed by atoms with van der Waals surface area (Å²) in [7, 11) is 1.49. The van der Waals surface area contributed by atoms with Crippen LogP contribution in [-0.4, -0.2) is 28.4 Å². The highest BCUT2D eigenvalue weighted by Gasteiger charge is 2.34. The fourth-order valence-electron chi connectivity index (χ4n) is 4.88. The lowest BCUT2D eigenvalue weighted by atomic mass is 9.90. The van der Waals surface area contributed by atoms with Gasteiger partial charge in [-0.2, -0.15) is 5.10 Å². The number of fused-ring (bicyclic) bond motifs is 2. The third-order valence-corrected chi connectivity index (χ3v) is 6.45. The first-order valence-electron chi connectivity index (χ1n) is 11.2. The smallest absolute Gasteiger partial charge is 0.129 e. The Kier molecular flexibility index (Phi) is 5.58. The molecule has 1 unspecified atom stereocenters. The summed E-state index contributed by atoms with van der Waals surface area (Å²) in [6.07, 6.45) is 3.47. The van der Waals surface area contributed by atoms with Gasteiger partial charge in [-0.15, -0.1) is 0 Å². The average Bonchev–Trinajstić information content (AvgIpc) is 3.43. The SMILES string of the molecule is C=C/C(=C\C)c1nc(-c2cc3n(n2)CCNC3)c(-c2ccc(F)cc2OC)c2c1CCC2F. The van der Waals surface area contributed by atoms with Crippen LogP contribution in [0, 0.1) is 5.82 Å². The third-order valence-electron chi connectivity index (χ3n) is 6.45. The van der Waals surface area contributed by atoms with Gasteiger partial charge in [-0.05, 0) is 49.1 Å². The van der Waals surface area contributed by atoms with Gasteiger partial charge in [0.1, 0.15) is 23.4 Å². The number of benzene rings is 1. The Labute approximate surface area is 191 Å². The average molecular weight is 449 g/mol. The molecular formula is C26H26F2N4O. The van der Waals surface area contributed by atoms with E-state index in [1.165, 1.54) is 19.2 Å². The number of pyridine rings is 1. The molecule has 3 aromatic rings. The molecule has 0 saturated heterocycles. The number of alkyl halides is 1. The summed E-state index contributed by atoms with van der Waals surface area (Å²) < 4.78 is 37.0. The minimum Gasteiger partial charge on any atom is -0.496 e. The van der Waals surface area contributed by atoms with Gasteiger partial charge in [0.15, 0.2) is 0 Å². The van der Waals surface area contributed by atoms with Crippen LogP contribution < -0.4 is 10.1 Å². The number of aromatic nitrogens is 3. The molecule has 1 aliphatic heterocycles. The minimum atomic E-state index is -1.16. The maximum absolute atomic E-state index is 15.5. The van der Waals surface area contributed by atoms with Crippen LogP contribution >= 0.6 is 0 Å². The van der Waals surface area contributed by atoms with Crippen molar-refractivity contribution in [2.24, 2.45) is 0 Å². The molecule has 3 heterocycles. The number of hydrogen-bond acceptors (Lipinski definition) is 4. The minimum absolute atomic E-state index is 0.340. The van der Waals surface area contributed by atoms with Gasteiger partial charge in [0.05, 0.1) is 30.7 Å². The molecular weight excluding hydrogens is 422 g/mol. The van der Waals surface area contributed by atoms with Crippen molar-refractivity contribution in [1.29, 1.82) is 0 Å². The van der Waals surface area contributed by atoms with Crippen LogP contribution in [0.2, 0.25) is 0 Å². The molecule has 7 heteroatoms. The number of nitrogens with one attached hydrogen (secondary N) is 1. The molecule has 1 atom stereocenters. The van der Waals surface area contributed by atoms with Crippen molar-refractivity contribution in [1.82, 2.24) is 20.1 Å². The Morgan fingerprint density at radius 1 is 1.33 bits per heavy atom. The Morgan fingerprint density at radius 3 is 2.91 bits per heavy atom. The van der Waals surface area contributed by atoms with Crippen LogP contribution in [0.25, 0.3) is 28.1 Å². The molecule has 1 N–H and O–H groups in total. The molecule has 0 spiro atoms. The van der Waals surface area contributed by atoms with Crippen LogP contribution in [0.1, 0.15) is 42.0 Å². The molecule has 1 aliphatic carbocycles. The van der Waals surface area contributed by atoms with E-state index in [4.69, 9.17) is 14.8 Å². The Balaban J connectivity index is 1.87. The van der Waals surface area contributed by atoms with E-state index in [1.54, 1.807) is 12.1 Å². The number of halogens is 2. The molecule has 1 aromatic carbocycles. The second-order valence-corrected chi connectivity index (χ2v) is 8.30. The van der Waals surface area contributed by atoms with E-state index in [9.17, 15) is 4.39 Å². The summed E-state index contributed by atoms with van der Waals surface area (Å²) in [5.74, 6) is -0.0747. The topological polar surface area (TPSA) is 52.0 Å². The highest BCUT2D eigenvalue weighted by Crippen LogP contribution is 2.49. The van der Waals surface area contributed by atoms with E-state index < -0.39 is 12.0 Å². The summed E-state index contributed by atoms with van der Waals surface area (Å²) in [6.45, 7) is 8.15. The van der Waals surface area contributed by atoms with Crippen molar-refractivity contribution < 1.29 is 13.5 Å². The fourth-order valence-corrected chi connectivity index (χ4v) is 4.88. The van der Waals surface area contributed by atoms with Crippen LogP contribution in [0.4, 0.5) is 8.78 Å². The molecule has 5 nitrogen and oxygen atoms in total. The van der Waals surface area contributed by atoms with Gasteiger partial charge in [0.25, 0.3) is 0 Å². The Morgan fingerprint density at radius 2 is 2.18 bits per heavy atom. The molecule has 2 aromatic heterocycles. The van der Waals surface area contributed by atoms with E-state index in [0.29, 0.717) is 53.2 Å². The van der Waals surface area contributed by atoms with Crippen molar-refractivity contribution in [2.45, 2.75) is 39.0 Å². The molecule has 0 fully saturated rings. The van der Waals surface area contributed by atoms with Gasteiger partial charge in [-0.3, -0.25) is 4.68 Å². The summed E-state index contributed by atoms with van der Waals surface area (Å²) in [4.78, 5) is 5.06. The highest BCUT2D eigenvalue weighted by molar-refractivity contribution is 5.89. The van der Waals surface area contributed by atoms with E-state index in [2.05, 4.69) is 11.9 Å². The van der Waals surface area contributed by atoms with Gasteiger partial charge in [-0.25, -0.2) is 13.8 Å². The molecule has 0 radical (unpaired) electrons. The first kappa shape index (κ1) is 21.5. The van der Waals surface area contributed by atoms with Crippen molar-refractivity contribution >= 4 is 5.57 Å². The molecule has 0 amide bonds. The van der Waals surface area contributed by atoms with Crippen molar-refractivity contribution in [3.8, 4) is 28.3 Å². The van der Waals surface area contributed by atoms with Crippen LogP contribution in [-0.2, 0) is 19.5 Å². The molecule has 0 bridgehead atoms. The summed E-state index contributed by atoms with van der Waals surface area (Å²) in [5.41, 5.74) is 6.55. The lowest BCUT2D eigenvalue weighted by molar-refractivity contribution is 0.344. The molecule has 33 heavy (non-hydrogen) atoms. The Bertz CT molecular complexity index is 1250. The molecule has 2 aliphatic rings. The van der Waals surface area contributed by atoms with Crippen molar-refractivity contribution in [3.05, 3.63) is 71.3 Å². The number of methoxy groups -OCH3 is 1. The summed E-state index contributed by atoms with van der Waals surface area (Å²) in [6, 6.07) is 6.33. The molecule has 170 valence electrons. The second-order valence-electron chi connectivity index (χ2n) is 8.30. The van der Waals surface area contributed by atoms with Gasteiger partial charge < -0.3 is 10.1 Å². The fraction of sp³-hybridized carbons (Fsp3) is 0.308. The van der Waals surface area contributed by atoms with Crippen molar-refractivity contribution in [3.63, 3.8) is 0 Å². The quantitative estimate of drug-likeness (QED) is 0.531. The third kappa shape index (κ3) is 3.56. The standard InChI is InChI=1S/C26H26F2N4O/c1-4-15(5-2)25-19-8-9-20(28)23(19)24(18-7-6-16(27)12-22(18)33-3)26(30-25)21-13-17-14-29-10-11-32(17)31-21/h4-7,12-13,20,29H,1,8-11,14H2,2-3H3/b15-5+. The maximum Gasteiger partial charge on any atom is 0.129 e. The molecule has 0 saturated carbocycles. The number of ether oxygens (including phenoxy) is 1. The second kappa shape index (κ2) is 8.56. The maximum atomic E-state index is 15.5. The van der Waals surface area contributed by atoms with Crippen LogP contribution in [0.15, 0.2) is 43.0 Å². The lowest BCUT2D eigenvalue weighted by Gasteiger charge is -2.20. The van der Waals surface area contributed by atoms with E-state index in [1.807, 2.05) is 23.7 Å². The zero-order chi connectivity index (χ0) is 23.1. The first-order valence-corrected chi connectivity index (χ1v) is 11.2. The Hall–Kier alpha value is -3.32. The normalized spacial score (nSPS) is 17.6. The van der Waals surface area contributed by atoms with Gasteiger partial charge in [0, 0.05) is 35.8 Å². The van der Waals surface area contributed by atoms with Crippen LogP contribution in [0.5, 0.6) is 5.75 Å².